The van der Waals surface area contributed by atoms with Gasteiger partial charge in [0.15, 0.2) is 0 Å². The third-order valence-electron chi connectivity index (χ3n) is 5.07. The summed E-state index contributed by atoms with van der Waals surface area (Å²) in [5, 5.41) is 13.4. The van der Waals surface area contributed by atoms with E-state index in [1.807, 2.05) is 32.5 Å². The maximum absolute atomic E-state index is 13.1. The van der Waals surface area contributed by atoms with Crippen molar-refractivity contribution in [2.75, 3.05) is 19.8 Å². The Morgan fingerprint density at radius 2 is 2.00 bits per heavy atom. The van der Waals surface area contributed by atoms with Crippen molar-refractivity contribution in [3.05, 3.63) is 17.0 Å². The molecule has 1 unspecified atom stereocenters. The van der Waals surface area contributed by atoms with E-state index in [9.17, 15) is 9.59 Å². The van der Waals surface area contributed by atoms with Crippen LogP contribution in [-0.4, -0.2) is 57.5 Å². The average molecular weight is 351 g/mol. The number of nitrogens with zero attached hydrogens (tertiary/aromatic N) is 3. The van der Waals surface area contributed by atoms with Crippen molar-refractivity contribution in [1.82, 2.24) is 14.7 Å². The summed E-state index contributed by atoms with van der Waals surface area (Å²) >= 11 is 0. The van der Waals surface area contributed by atoms with Gasteiger partial charge in [-0.15, -0.1) is 0 Å². The van der Waals surface area contributed by atoms with Gasteiger partial charge in [-0.2, -0.15) is 5.10 Å². The molecule has 25 heavy (non-hydrogen) atoms. The van der Waals surface area contributed by atoms with Gasteiger partial charge in [-0.05, 0) is 38.7 Å². The van der Waals surface area contributed by atoms with E-state index >= 15 is 0 Å². The summed E-state index contributed by atoms with van der Waals surface area (Å²) in [6, 6.07) is 0.0687. The fourth-order valence-electron chi connectivity index (χ4n) is 3.48. The van der Waals surface area contributed by atoms with E-state index in [2.05, 4.69) is 5.10 Å². The van der Waals surface area contributed by atoms with Crippen molar-refractivity contribution >= 4 is 11.9 Å². The van der Waals surface area contributed by atoms with Crippen molar-refractivity contribution in [2.45, 2.75) is 52.5 Å². The summed E-state index contributed by atoms with van der Waals surface area (Å²) in [5.41, 5.74) is 3.12. The molecule has 0 radical (unpaired) electrons. The first-order valence-electron chi connectivity index (χ1n) is 8.90. The van der Waals surface area contributed by atoms with Gasteiger partial charge in [0, 0.05) is 44.5 Å². The Morgan fingerprint density at radius 3 is 2.52 bits per heavy atom. The molecule has 1 aromatic rings. The number of carboxylic acids is 1. The van der Waals surface area contributed by atoms with Crippen molar-refractivity contribution in [3.8, 4) is 0 Å². The minimum atomic E-state index is -0.878. The van der Waals surface area contributed by atoms with E-state index in [4.69, 9.17) is 9.84 Å². The Kier molecular flexibility index (Phi) is 6.58. The van der Waals surface area contributed by atoms with Crippen molar-refractivity contribution in [2.24, 2.45) is 13.0 Å². The number of amides is 1. The molecule has 7 heteroatoms. The first-order valence-corrected chi connectivity index (χ1v) is 8.90. The van der Waals surface area contributed by atoms with E-state index in [1.165, 1.54) is 0 Å². The second-order valence-electron chi connectivity index (χ2n) is 6.90. The second-order valence-corrected chi connectivity index (χ2v) is 6.90. The van der Waals surface area contributed by atoms with Crippen molar-refractivity contribution in [1.29, 1.82) is 0 Å². The van der Waals surface area contributed by atoms with Gasteiger partial charge in [0.05, 0.1) is 12.1 Å². The van der Waals surface area contributed by atoms with Crippen LogP contribution in [0.1, 0.15) is 43.1 Å². The second kappa shape index (κ2) is 8.47. The SMILES string of the molecule is Cc1nn(C)c(C)c1CC(C)C(=O)N(CCC(=O)O)C1CCOCC1. The highest BCUT2D eigenvalue weighted by atomic mass is 16.5. The van der Waals surface area contributed by atoms with Crippen molar-refractivity contribution < 1.29 is 19.4 Å². The lowest BCUT2D eigenvalue weighted by Gasteiger charge is -2.35. The molecule has 1 N–H and O–H groups in total. The van der Waals surface area contributed by atoms with Gasteiger partial charge in [-0.3, -0.25) is 14.3 Å². The fourth-order valence-corrected chi connectivity index (χ4v) is 3.48. The summed E-state index contributed by atoms with van der Waals surface area (Å²) in [4.78, 5) is 25.8. The number of carbonyl (C=O) groups is 2. The molecule has 0 aliphatic carbocycles. The molecule has 1 fully saturated rings. The zero-order valence-corrected chi connectivity index (χ0v) is 15.6. The van der Waals surface area contributed by atoms with Gasteiger partial charge < -0.3 is 14.7 Å². The summed E-state index contributed by atoms with van der Waals surface area (Å²) < 4.78 is 7.22. The third kappa shape index (κ3) is 4.81. The van der Waals surface area contributed by atoms with Gasteiger partial charge in [-0.25, -0.2) is 0 Å². The van der Waals surface area contributed by atoms with Gasteiger partial charge in [0.2, 0.25) is 5.91 Å². The van der Waals surface area contributed by atoms with Gasteiger partial charge >= 0.3 is 5.97 Å². The first-order chi connectivity index (χ1) is 11.8. The zero-order chi connectivity index (χ0) is 18.6. The van der Waals surface area contributed by atoms with E-state index in [0.717, 1.165) is 29.8 Å². The Hall–Kier alpha value is -1.89. The minimum absolute atomic E-state index is 0.0239. The zero-order valence-electron chi connectivity index (χ0n) is 15.6. The molecule has 1 aromatic heterocycles. The monoisotopic (exact) mass is 351 g/mol. The first kappa shape index (κ1) is 19.4. The number of carboxylic acid groups (broad SMARTS) is 1. The molecule has 1 amide bonds. The highest BCUT2D eigenvalue weighted by molar-refractivity contribution is 5.80. The molecule has 1 aliphatic rings. The minimum Gasteiger partial charge on any atom is -0.481 e. The average Bonchev–Trinajstić information content (AvgIpc) is 2.81. The Bertz CT molecular complexity index is 620. The van der Waals surface area contributed by atoms with Gasteiger partial charge in [0.25, 0.3) is 0 Å². The lowest BCUT2D eigenvalue weighted by atomic mass is 9.96. The number of rotatable bonds is 7. The molecular formula is C18H29N3O4. The summed E-state index contributed by atoms with van der Waals surface area (Å²) in [7, 11) is 1.90. The number of aromatic nitrogens is 2. The lowest BCUT2D eigenvalue weighted by molar-refractivity contribution is -0.142. The topological polar surface area (TPSA) is 84.7 Å². The van der Waals surface area contributed by atoms with E-state index in [1.54, 1.807) is 4.90 Å². The Morgan fingerprint density at radius 1 is 1.36 bits per heavy atom. The number of aliphatic carboxylic acids is 1. The normalized spacial score (nSPS) is 16.6. The fraction of sp³-hybridized carbons (Fsp3) is 0.722. The van der Waals surface area contributed by atoms with Gasteiger partial charge in [-0.1, -0.05) is 6.92 Å². The van der Waals surface area contributed by atoms with Crippen LogP contribution >= 0.6 is 0 Å². The highest BCUT2D eigenvalue weighted by Gasteiger charge is 2.30. The third-order valence-corrected chi connectivity index (χ3v) is 5.07. The van der Waals surface area contributed by atoms with Crippen LogP contribution in [0.3, 0.4) is 0 Å². The molecule has 0 bridgehead atoms. The van der Waals surface area contributed by atoms with E-state index in [-0.39, 0.29) is 30.8 Å². The van der Waals surface area contributed by atoms with Crippen LogP contribution in [0.5, 0.6) is 0 Å². The van der Waals surface area contributed by atoms with Crippen LogP contribution in [0.25, 0.3) is 0 Å². The molecule has 1 saturated heterocycles. The van der Waals surface area contributed by atoms with Crippen LogP contribution in [0.4, 0.5) is 0 Å². The smallest absolute Gasteiger partial charge is 0.305 e. The van der Waals surface area contributed by atoms with Crippen molar-refractivity contribution in [3.63, 3.8) is 0 Å². The number of aryl methyl sites for hydroxylation is 2. The van der Waals surface area contributed by atoms with Gasteiger partial charge in [0.1, 0.15) is 0 Å². The summed E-state index contributed by atoms with van der Waals surface area (Å²) in [6.07, 6.45) is 2.13. The predicted octanol–water partition coefficient (Wildman–Crippen LogP) is 1.70. The van der Waals surface area contributed by atoms with Crippen LogP contribution in [0, 0.1) is 19.8 Å². The van der Waals surface area contributed by atoms with Crippen LogP contribution in [0.15, 0.2) is 0 Å². The molecule has 1 atom stereocenters. The molecule has 0 saturated carbocycles. The van der Waals surface area contributed by atoms with E-state index < -0.39 is 5.97 Å². The lowest BCUT2D eigenvalue weighted by Crippen LogP contribution is -2.46. The van der Waals surface area contributed by atoms with Crippen LogP contribution in [0.2, 0.25) is 0 Å². The molecule has 1 aliphatic heterocycles. The Labute approximate surface area is 148 Å². The number of carbonyl (C=O) groups excluding carboxylic acids is 1. The standard InChI is InChI=1S/C18H29N3O4/c1-12(11-16-13(2)19-20(4)14(16)3)18(24)21(8-5-17(22)23)15-6-9-25-10-7-15/h12,15H,5-11H2,1-4H3,(H,22,23). The molecule has 2 heterocycles. The maximum atomic E-state index is 13.1. The number of hydrogen-bond acceptors (Lipinski definition) is 4. The molecule has 7 nitrogen and oxygen atoms in total. The predicted molar refractivity (Wildman–Crippen MR) is 93.4 cm³/mol. The largest absolute Gasteiger partial charge is 0.481 e. The molecular weight excluding hydrogens is 322 g/mol. The van der Waals surface area contributed by atoms with E-state index in [0.29, 0.717) is 19.6 Å². The Balaban J connectivity index is 2.11. The molecule has 140 valence electrons. The maximum Gasteiger partial charge on any atom is 0.305 e. The van der Waals surface area contributed by atoms with Crippen LogP contribution < -0.4 is 0 Å². The summed E-state index contributed by atoms with van der Waals surface area (Å²) in [5.74, 6) is -1.06. The molecule has 2 rings (SSSR count). The quantitative estimate of drug-likeness (QED) is 0.808. The number of hydrogen-bond donors (Lipinski definition) is 1. The van der Waals surface area contributed by atoms with Crippen LogP contribution in [-0.2, 0) is 27.8 Å². The summed E-state index contributed by atoms with van der Waals surface area (Å²) in [6.45, 7) is 7.39. The highest BCUT2D eigenvalue weighted by Crippen LogP contribution is 2.22. The number of ether oxygens (including phenoxy) is 1. The molecule has 0 spiro atoms. The molecule has 0 aromatic carbocycles.